The summed E-state index contributed by atoms with van der Waals surface area (Å²) in [6, 6.07) is 11.4. The number of nitro groups is 1. The number of hydrogen-bond donors (Lipinski definition) is 1. The lowest BCUT2D eigenvalue weighted by molar-refractivity contribution is -0.384. The highest BCUT2D eigenvalue weighted by atomic mass is 19.1. The third-order valence-corrected chi connectivity index (χ3v) is 4.73. The van der Waals surface area contributed by atoms with Gasteiger partial charge in [0.05, 0.1) is 10.6 Å². The molecule has 1 N–H and O–H groups in total. The summed E-state index contributed by atoms with van der Waals surface area (Å²) in [5.74, 6) is -0.447. The van der Waals surface area contributed by atoms with E-state index >= 15 is 0 Å². The number of benzene rings is 2. The highest BCUT2D eigenvalue weighted by Crippen LogP contribution is 2.29. The molecule has 0 bridgehead atoms. The molecule has 1 fully saturated rings. The van der Waals surface area contributed by atoms with E-state index < -0.39 is 4.92 Å². The molecular formula is C20H22FN3O3. The smallest absolute Gasteiger partial charge is 0.271 e. The van der Waals surface area contributed by atoms with Crippen LogP contribution in [0.25, 0.3) is 0 Å². The molecule has 7 heteroatoms. The van der Waals surface area contributed by atoms with Gasteiger partial charge in [-0.15, -0.1) is 0 Å². The van der Waals surface area contributed by atoms with Crippen molar-refractivity contribution in [3.63, 3.8) is 0 Å². The van der Waals surface area contributed by atoms with E-state index in [0.29, 0.717) is 30.4 Å². The Morgan fingerprint density at radius 3 is 2.70 bits per heavy atom. The van der Waals surface area contributed by atoms with E-state index in [-0.39, 0.29) is 23.8 Å². The van der Waals surface area contributed by atoms with Crippen LogP contribution in [0, 0.1) is 22.9 Å². The number of nitrogens with zero attached hydrogens (tertiary/aromatic N) is 2. The minimum absolute atomic E-state index is 0.0601. The molecule has 0 saturated heterocycles. The number of rotatable bonds is 8. The van der Waals surface area contributed by atoms with Gasteiger partial charge in [0.15, 0.2) is 0 Å². The third kappa shape index (κ3) is 5.10. The summed E-state index contributed by atoms with van der Waals surface area (Å²) in [6.07, 6.45) is 2.35. The molecule has 6 nitrogen and oxygen atoms in total. The fourth-order valence-corrected chi connectivity index (χ4v) is 2.99. The monoisotopic (exact) mass is 371 g/mol. The van der Waals surface area contributed by atoms with Crippen molar-refractivity contribution < 1.29 is 14.1 Å². The van der Waals surface area contributed by atoms with Crippen molar-refractivity contribution in [2.75, 3.05) is 11.9 Å². The van der Waals surface area contributed by atoms with E-state index in [9.17, 15) is 19.3 Å². The number of non-ortho nitro benzene ring substituents is 1. The standard InChI is InChI=1S/C20H22FN3O3/c1-14-6-7-17(24(26)27)12-19(14)22-20(25)10-11-23(16-8-9-16)13-15-4-2-3-5-18(15)21/h2-7,12,16H,8-11,13H2,1H3,(H,22,25). The van der Waals surface area contributed by atoms with Gasteiger partial charge in [0, 0.05) is 43.2 Å². The van der Waals surface area contributed by atoms with Gasteiger partial charge in [0.25, 0.3) is 5.69 Å². The fraction of sp³-hybridized carbons (Fsp3) is 0.350. The molecule has 0 atom stereocenters. The number of hydrogen-bond acceptors (Lipinski definition) is 4. The summed E-state index contributed by atoms with van der Waals surface area (Å²) in [4.78, 5) is 24.9. The molecule has 0 aromatic heterocycles. The summed E-state index contributed by atoms with van der Waals surface area (Å²) < 4.78 is 13.9. The number of amides is 1. The molecular weight excluding hydrogens is 349 g/mol. The maximum absolute atomic E-state index is 13.9. The second-order valence-electron chi connectivity index (χ2n) is 6.85. The van der Waals surface area contributed by atoms with Crippen LogP contribution in [0.3, 0.4) is 0 Å². The van der Waals surface area contributed by atoms with E-state index in [0.717, 1.165) is 18.4 Å². The van der Waals surface area contributed by atoms with Gasteiger partial charge in [0.1, 0.15) is 5.82 Å². The van der Waals surface area contributed by atoms with Crippen LogP contribution in [0.1, 0.15) is 30.4 Å². The molecule has 0 radical (unpaired) electrons. The zero-order chi connectivity index (χ0) is 19.4. The summed E-state index contributed by atoms with van der Waals surface area (Å²) >= 11 is 0. The lowest BCUT2D eigenvalue weighted by atomic mass is 10.1. The largest absolute Gasteiger partial charge is 0.326 e. The first-order valence-electron chi connectivity index (χ1n) is 8.96. The van der Waals surface area contributed by atoms with Crippen molar-refractivity contribution in [1.82, 2.24) is 4.90 Å². The van der Waals surface area contributed by atoms with Gasteiger partial charge < -0.3 is 5.32 Å². The van der Waals surface area contributed by atoms with E-state index in [1.54, 1.807) is 31.2 Å². The van der Waals surface area contributed by atoms with Gasteiger partial charge in [-0.1, -0.05) is 24.3 Å². The molecule has 2 aromatic carbocycles. The maximum Gasteiger partial charge on any atom is 0.271 e. The fourth-order valence-electron chi connectivity index (χ4n) is 2.99. The van der Waals surface area contributed by atoms with Crippen LogP contribution in [0.5, 0.6) is 0 Å². The van der Waals surface area contributed by atoms with Crippen molar-refractivity contribution in [2.45, 2.75) is 38.8 Å². The highest BCUT2D eigenvalue weighted by molar-refractivity contribution is 5.92. The van der Waals surface area contributed by atoms with E-state index in [1.807, 2.05) is 0 Å². The summed E-state index contributed by atoms with van der Waals surface area (Å²) in [5.41, 5.74) is 1.77. The molecule has 1 amide bonds. The van der Waals surface area contributed by atoms with Gasteiger partial charge >= 0.3 is 0 Å². The maximum atomic E-state index is 13.9. The Morgan fingerprint density at radius 2 is 2.04 bits per heavy atom. The van der Waals surface area contributed by atoms with Crippen LogP contribution in [0.4, 0.5) is 15.8 Å². The highest BCUT2D eigenvalue weighted by Gasteiger charge is 2.29. The van der Waals surface area contributed by atoms with Crippen LogP contribution in [0.2, 0.25) is 0 Å². The van der Waals surface area contributed by atoms with Crippen molar-refractivity contribution in [1.29, 1.82) is 0 Å². The Bertz CT molecular complexity index is 852. The van der Waals surface area contributed by atoms with Crippen LogP contribution < -0.4 is 5.32 Å². The number of nitro benzene ring substituents is 1. The zero-order valence-corrected chi connectivity index (χ0v) is 15.2. The predicted octanol–water partition coefficient (Wildman–Crippen LogP) is 4.04. The Balaban J connectivity index is 1.59. The average Bonchev–Trinajstić information content (AvgIpc) is 3.47. The van der Waals surface area contributed by atoms with Crippen molar-refractivity contribution in [2.24, 2.45) is 0 Å². The number of anilines is 1. The molecule has 0 aliphatic heterocycles. The lowest BCUT2D eigenvalue weighted by Crippen LogP contribution is -2.30. The zero-order valence-electron chi connectivity index (χ0n) is 15.2. The van der Waals surface area contributed by atoms with Crippen LogP contribution >= 0.6 is 0 Å². The normalized spacial score (nSPS) is 13.6. The topological polar surface area (TPSA) is 75.5 Å². The van der Waals surface area contributed by atoms with Crippen LogP contribution in [-0.4, -0.2) is 28.3 Å². The van der Waals surface area contributed by atoms with Gasteiger partial charge in [-0.25, -0.2) is 4.39 Å². The molecule has 0 spiro atoms. The minimum Gasteiger partial charge on any atom is -0.326 e. The molecule has 27 heavy (non-hydrogen) atoms. The molecule has 1 aliphatic rings. The minimum atomic E-state index is -0.488. The van der Waals surface area contributed by atoms with Crippen molar-refractivity contribution in [3.8, 4) is 0 Å². The van der Waals surface area contributed by atoms with E-state index in [1.165, 1.54) is 18.2 Å². The summed E-state index contributed by atoms with van der Waals surface area (Å²) in [6.45, 7) is 2.77. The van der Waals surface area contributed by atoms with Crippen LogP contribution in [0.15, 0.2) is 42.5 Å². The molecule has 2 aromatic rings. The molecule has 1 saturated carbocycles. The number of halogens is 1. The van der Waals surface area contributed by atoms with E-state index in [4.69, 9.17) is 0 Å². The van der Waals surface area contributed by atoms with Crippen molar-refractivity contribution >= 4 is 17.3 Å². The molecule has 142 valence electrons. The molecule has 0 unspecified atom stereocenters. The second-order valence-corrected chi connectivity index (χ2v) is 6.85. The van der Waals surface area contributed by atoms with Gasteiger partial charge in [0.2, 0.25) is 5.91 Å². The lowest BCUT2D eigenvalue weighted by Gasteiger charge is -2.22. The summed E-state index contributed by atoms with van der Waals surface area (Å²) in [7, 11) is 0. The van der Waals surface area contributed by atoms with Gasteiger partial charge in [-0.3, -0.25) is 19.8 Å². The first-order valence-corrected chi connectivity index (χ1v) is 8.96. The average molecular weight is 371 g/mol. The number of aryl methyl sites for hydroxylation is 1. The first kappa shape index (κ1) is 19.0. The predicted molar refractivity (Wildman–Crippen MR) is 101 cm³/mol. The number of carbonyl (C=O) groups excluding carboxylic acids is 1. The molecule has 1 aliphatic carbocycles. The Labute approximate surface area is 157 Å². The SMILES string of the molecule is Cc1ccc([N+](=O)[O-])cc1NC(=O)CCN(Cc1ccccc1F)C1CC1. The van der Waals surface area contributed by atoms with Gasteiger partial charge in [-0.2, -0.15) is 0 Å². The summed E-state index contributed by atoms with van der Waals surface area (Å²) in [5, 5.41) is 13.7. The first-order chi connectivity index (χ1) is 12.9. The van der Waals surface area contributed by atoms with Crippen LogP contribution in [-0.2, 0) is 11.3 Å². The number of nitrogens with one attached hydrogen (secondary N) is 1. The Kier molecular flexibility index (Phi) is 5.81. The number of carbonyl (C=O) groups is 1. The Hall–Kier alpha value is -2.80. The second kappa shape index (κ2) is 8.26. The molecule has 0 heterocycles. The third-order valence-electron chi connectivity index (χ3n) is 4.73. The van der Waals surface area contributed by atoms with Gasteiger partial charge in [-0.05, 0) is 31.4 Å². The Morgan fingerprint density at radius 1 is 1.30 bits per heavy atom. The van der Waals surface area contributed by atoms with Crippen molar-refractivity contribution in [3.05, 3.63) is 69.5 Å². The quantitative estimate of drug-likeness (QED) is 0.561. The van der Waals surface area contributed by atoms with E-state index in [2.05, 4.69) is 10.2 Å². The molecule has 3 rings (SSSR count).